The molecule has 120 valence electrons. The van der Waals surface area contributed by atoms with Crippen LogP contribution >= 0.6 is 0 Å². The highest BCUT2D eigenvalue weighted by atomic mass is 16.3. The summed E-state index contributed by atoms with van der Waals surface area (Å²) in [5, 5.41) is 14.4. The van der Waals surface area contributed by atoms with Crippen LogP contribution < -0.4 is 10.6 Å². The van der Waals surface area contributed by atoms with E-state index in [4.69, 9.17) is 5.11 Å². The zero-order valence-corrected chi connectivity index (χ0v) is 12.8. The number of hydrogen-bond acceptors (Lipinski definition) is 3. The van der Waals surface area contributed by atoms with Crippen molar-refractivity contribution in [2.24, 2.45) is 5.92 Å². The largest absolute Gasteiger partial charge is 0.396 e. The van der Waals surface area contributed by atoms with Gasteiger partial charge in [-0.2, -0.15) is 0 Å². The number of aliphatic hydroxyl groups is 1. The maximum atomic E-state index is 11.9. The molecule has 0 heterocycles. The number of carbonyl (C=O) groups excluding carboxylic acids is 2. The summed E-state index contributed by atoms with van der Waals surface area (Å²) in [6, 6.07) is 7.22. The van der Waals surface area contributed by atoms with E-state index in [2.05, 4.69) is 10.6 Å². The maximum absolute atomic E-state index is 11.9. The van der Waals surface area contributed by atoms with Crippen molar-refractivity contribution in [3.8, 4) is 0 Å². The topological polar surface area (TPSA) is 78.4 Å². The first-order valence-corrected chi connectivity index (χ1v) is 7.96. The maximum Gasteiger partial charge on any atom is 0.251 e. The Morgan fingerprint density at radius 2 is 1.77 bits per heavy atom. The van der Waals surface area contributed by atoms with Crippen LogP contribution in [-0.2, 0) is 11.3 Å². The number of amides is 2. The standard InChI is InChI=1S/C17H24N2O3/c20-11-3-10-18-16(21)15-8-6-13(7-9-15)12-19-17(22)14-4-1-2-5-14/h6-9,14,20H,1-5,10-12H2,(H,18,21)(H,19,22). The van der Waals surface area contributed by atoms with Gasteiger partial charge in [0.2, 0.25) is 5.91 Å². The van der Waals surface area contributed by atoms with Crippen molar-refractivity contribution in [2.45, 2.75) is 38.6 Å². The van der Waals surface area contributed by atoms with Gasteiger partial charge in [0, 0.05) is 31.2 Å². The molecule has 0 spiro atoms. The van der Waals surface area contributed by atoms with Crippen LogP contribution in [0.1, 0.15) is 48.0 Å². The predicted molar refractivity (Wildman–Crippen MR) is 84.3 cm³/mol. The molecule has 1 aliphatic carbocycles. The van der Waals surface area contributed by atoms with Gasteiger partial charge in [0.15, 0.2) is 0 Å². The molecular formula is C17H24N2O3. The van der Waals surface area contributed by atoms with Crippen LogP contribution in [0.15, 0.2) is 24.3 Å². The monoisotopic (exact) mass is 304 g/mol. The third-order valence-electron chi connectivity index (χ3n) is 4.03. The van der Waals surface area contributed by atoms with Gasteiger partial charge in [0.05, 0.1) is 0 Å². The second-order valence-corrected chi connectivity index (χ2v) is 5.73. The molecular weight excluding hydrogens is 280 g/mol. The van der Waals surface area contributed by atoms with Gasteiger partial charge in [-0.3, -0.25) is 9.59 Å². The average molecular weight is 304 g/mol. The van der Waals surface area contributed by atoms with E-state index < -0.39 is 0 Å². The molecule has 0 aromatic heterocycles. The lowest BCUT2D eigenvalue weighted by molar-refractivity contribution is -0.124. The lowest BCUT2D eigenvalue weighted by Gasteiger charge is -2.10. The van der Waals surface area contributed by atoms with Crippen LogP contribution in [0.3, 0.4) is 0 Å². The molecule has 3 N–H and O–H groups in total. The highest BCUT2D eigenvalue weighted by Gasteiger charge is 2.22. The molecule has 5 heteroatoms. The van der Waals surface area contributed by atoms with Crippen LogP contribution in [0, 0.1) is 5.92 Å². The fourth-order valence-electron chi connectivity index (χ4n) is 2.68. The van der Waals surface area contributed by atoms with E-state index in [1.165, 1.54) is 0 Å². The van der Waals surface area contributed by atoms with Crippen molar-refractivity contribution in [3.63, 3.8) is 0 Å². The quantitative estimate of drug-likeness (QED) is 0.670. The van der Waals surface area contributed by atoms with Gasteiger partial charge in [-0.1, -0.05) is 25.0 Å². The smallest absolute Gasteiger partial charge is 0.251 e. The first kappa shape index (κ1) is 16.5. The lowest BCUT2D eigenvalue weighted by atomic mass is 10.1. The predicted octanol–water partition coefficient (Wildman–Crippen LogP) is 1.61. The van der Waals surface area contributed by atoms with E-state index in [0.717, 1.165) is 31.2 Å². The van der Waals surface area contributed by atoms with Crippen LogP contribution in [0.25, 0.3) is 0 Å². The number of benzene rings is 1. The van der Waals surface area contributed by atoms with Gasteiger partial charge in [0.1, 0.15) is 0 Å². The van der Waals surface area contributed by atoms with Gasteiger partial charge >= 0.3 is 0 Å². The Kier molecular flexibility index (Phi) is 6.40. The Labute approximate surface area is 131 Å². The normalized spacial score (nSPS) is 14.8. The molecule has 2 amide bonds. The van der Waals surface area contributed by atoms with E-state index in [1.54, 1.807) is 12.1 Å². The van der Waals surface area contributed by atoms with Gasteiger partial charge in [-0.05, 0) is 37.0 Å². The van der Waals surface area contributed by atoms with Crippen molar-refractivity contribution in [1.82, 2.24) is 10.6 Å². The first-order valence-electron chi connectivity index (χ1n) is 7.96. The minimum atomic E-state index is -0.144. The summed E-state index contributed by atoms with van der Waals surface area (Å²) in [6.07, 6.45) is 4.85. The molecule has 1 aromatic rings. The van der Waals surface area contributed by atoms with Gasteiger partial charge in [-0.25, -0.2) is 0 Å². The molecule has 1 saturated carbocycles. The van der Waals surface area contributed by atoms with Crippen molar-refractivity contribution in [1.29, 1.82) is 0 Å². The minimum Gasteiger partial charge on any atom is -0.396 e. The summed E-state index contributed by atoms with van der Waals surface area (Å²) in [6.45, 7) is 1.04. The summed E-state index contributed by atoms with van der Waals surface area (Å²) < 4.78 is 0. The Morgan fingerprint density at radius 3 is 2.41 bits per heavy atom. The van der Waals surface area contributed by atoms with Crippen LogP contribution in [0.5, 0.6) is 0 Å². The second-order valence-electron chi connectivity index (χ2n) is 5.73. The Morgan fingerprint density at radius 1 is 1.09 bits per heavy atom. The molecule has 1 aliphatic rings. The van der Waals surface area contributed by atoms with Crippen molar-refractivity contribution >= 4 is 11.8 Å². The zero-order valence-electron chi connectivity index (χ0n) is 12.8. The molecule has 1 fully saturated rings. The van der Waals surface area contributed by atoms with E-state index in [9.17, 15) is 9.59 Å². The number of aliphatic hydroxyl groups excluding tert-OH is 1. The van der Waals surface area contributed by atoms with E-state index in [1.807, 2.05) is 12.1 Å². The van der Waals surface area contributed by atoms with Crippen molar-refractivity contribution in [2.75, 3.05) is 13.2 Å². The zero-order chi connectivity index (χ0) is 15.8. The SMILES string of the molecule is O=C(NCCCO)c1ccc(CNC(=O)C2CCCC2)cc1. The summed E-state index contributed by atoms with van der Waals surface area (Å²) in [7, 11) is 0. The van der Waals surface area contributed by atoms with E-state index in [0.29, 0.717) is 25.1 Å². The summed E-state index contributed by atoms with van der Waals surface area (Å²) in [5.74, 6) is 0.176. The van der Waals surface area contributed by atoms with Gasteiger partial charge < -0.3 is 15.7 Å². The molecule has 0 unspecified atom stereocenters. The van der Waals surface area contributed by atoms with Crippen molar-refractivity contribution in [3.05, 3.63) is 35.4 Å². The summed E-state index contributed by atoms with van der Waals surface area (Å²) in [4.78, 5) is 23.8. The number of nitrogens with one attached hydrogen (secondary N) is 2. The van der Waals surface area contributed by atoms with Gasteiger partial charge in [-0.15, -0.1) is 0 Å². The van der Waals surface area contributed by atoms with Gasteiger partial charge in [0.25, 0.3) is 5.91 Å². The third kappa shape index (κ3) is 4.84. The van der Waals surface area contributed by atoms with Crippen LogP contribution in [0.4, 0.5) is 0 Å². The molecule has 0 saturated heterocycles. The molecule has 0 bridgehead atoms. The molecule has 0 atom stereocenters. The summed E-state index contributed by atoms with van der Waals surface area (Å²) >= 11 is 0. The lowest BCUT2D eigenvalue weighted by Crippen LogP contribution is -2.28. The van der Waals surface area contributed by atoms with E-state index >= 15 is 0 Å². The number of rotatable bonds is 7. The highest BCUT2D eigenvalue weighted by molar-refractivity contribution is 5.94. The van der Waals surface area contributed by atoms with Crippen LogP contribution in [-0.4, -0.2) is 30.1 Å². The highest BCUT2D eigenvalue weighted by Crippen LogP contribution is 2.24. The Balaban J connectivity index is 1.78. The molecule has 2 rings (SSSR count). The molecule has 0 aliphatic heterocycles. The van der Waals surface area contributed by atoms with Crippen LogP contribution in [0.2, 0.25) is 0 Å². The molecule has 22 heavy (non-hydrogen) atoms. The third-order valence-corrected chi connectivity index (χ3v) is 4.03. The second kappa shape index (κ2) is 8.54. The van der Waals surface area contributed by atoms with E-state index in [-0.39, 0.29) is 24.3 Å². The fraction of sp³-hybridized carbons (Fsp3) is 0.529. The van der Waals surface area contributed by atoms with Crippen molar-refractivity contribution < 1.29 is 14.7 Å². The Bertz CT molecular complexity index is 493. The number of carbonyl (C=O) groups is 2. The first-order chi connectivity index (χ1) is 10.7. The fourth-order valence-corrected chi connectivity index (χ4v) is 2.68. The Hall–Kier alpha value is -1.88. The number of hydrogen-bond donors (Lipinski definition) is 3. The molecule has 0 radical (unpaired) electrons. The molecule has 1 aromatic carbocycles. The average Bonchev–Trinajstić information content (AvgIpc) is 3.08. The molecule has 5 nitrogen and oxygen atoms in total. The minimum absolute atomic E-state index is 0.0694. The summed E-state index contributed by atoms with van der Waals surface area (Å²) in [5.41, 5.74) is 1.57.